The van der Waals surface area contributed by atoms with Crippen molar-refractivity contribution in [2.24, 2.45) is 0 Å². The maximum absolute atomic E-state index is 12.9. The number of ether oxygens (including phenoxy) is 1. The van der Waals surface area contributed by atoms with Gasteiger partial charge in [0.2, 0.25) is 0 Å². The lowest BCUT2D eigenvalue weighted by molar-refractivity contribution is 0.0494. The lowest BCUT2D eigenvalue weighted by Gasteiger charge is -2.09. The van der Waals surface area contributed by atoms with Gasteiger partial charge in [-0.1, -0.05) is 6.08 Å². The fourth-order valence-corrected chi connectivity index (χ4v) is 2.97. The monoisotopic (exact) mass is 395 g/mol. The highest BCUT2D eigenvalue weighted by Gasteiger charge is 2.35. The van der Waals surface area contributed by atoms with Crippen molar-refractivity contribution in [2.75, 3.05) is 13.2 Å². The summed E-state index contributed by atoms with van der Waals surface area (Å²) in [5.41, 5.74) is 0.926. The van der Waals surface area contributed by atoms with E-state index < -0.39 is 23.6 Å². The van der Waals surface area contributed by atoms with Crippen molar-refractivity contribution < 1.29 is 28.3 Å². The van der Waals surface area contributed by atoms with Crippen molar-refractivity contribution in [3.8, 4) is 0 Å². The normalized spacial score (nSPS) is 12.7. The van der Waals surface area contributed by atoms with Crippen LogP contribution in [-0.4, -0.2) is 41.6 Å². The molecule has 0 saturated heterocycles. The lowest BCUT2D eigenvalue weighted by atomic mass is 10.1. The molecule has 0 spiro atoms. The zero-order valence-corrected chi connectivity index (χ0v) is 15.5. The number of amides is 2. The quantitative estimate of drug-likeness (QED) is 0.225. The topological polar surface area (TPSA) is 80.8 Å². The minimum atomic E-state index is -0.649. The molecular weight excluding hydrogens is 377 g/mol. The predicted octanol–water partition coefficient (Wildman–Crippen LogP) is 3.43. The van der Waals surface area contributed by atoms with Gasteiger partial charge < -0.3 is 4.74 Å². The van der Waals surface area contributed by atoms with Gasteiger partial charge in [-0.2, -0.15) is 0 Å². The number of carbonyl (C=O) groups is 4. The molecule has 0 saturated carbocycles. The van der Waals surface area contributed by atoms with Crippen molar-refractivity contribution in [1.29, 1.82) is 0 Å². The molecule has 1 heterocycles. The van der Waals surface area contributed by atoms with Gasteiger partial charge in [-0.25, -0.2) is 9.18 Å². The van der Waals surface area contributed by atoms with Crippen LogP contribution in [0.15, 0.2) is 55.1 Å². The summed E-state index contributed by atoms with van der Waals surface area (Å²) in [7, 11) is 0. The van der Waals surface area contributed by atoms with Crippen LogP contribution in [0, 0.1) is 5.82 Å². The van der Waals surface area contributed by atoms with Gasteiger partial charge >= 0.3 is 5.97 Å². The Kier molecular flexibility index (Phi) is 5.97. The molecule has 0 radical (unpaired) electrons. The van der Waals surface area contributed by atoms with Crippen LogP contribution in [0.3, 0.4) is 0 Å². The molecular formula is C22H18FNO5. The summed E-state index contributed by atoms with van der Waals surface area (Å²) in [6.07, 6.45) is 1.90. The third kappa shape index (κ3) is 4.29. The molecule has 1 aliphatic heterocycles. The number of benzene rings is 2. The highest BCUT2D eigenvalue weighted by Crippen LogP contribution is 2.24. The van der Waals surface area contributed by atoms with Crippen molar-refractivity contribution >= 4 is 23.6 Å². The van der Waals surface area contributed by atoms with E-state index in [1.54, 1.807) is 0 Å². The molecule has 1 aliphatic rings. The summed E-state index contributed by atoms with van der Waals surface area (Å²) in [4.78, 5) is 49.8. The number of hydrogen-bond acceptors (Lipinski definition) is 5. The summed E-state index contributed by atoms with van der Waals surface area (Å²) in [5, 5.41) is 0. The Morgan fingerprint density at radius 2 is 1.66 bits per heavy atom. The molecule has 0 aliphatic carbocycles. The average molecular weight is 395 g/mol. The first kappa shape index (κ1) is 20.1. The van der Waals surface area contributed by atoms with Crippen molar-refractivity contribution in [1.82, 2.24) is 4.90 Å². The minimum absolute atomic E-state index is 0.0122. The standard InChI is InChI=1S/C22H18FNO5/c1-2-11-24-20(26)17-10-7-15(13-18(17)21(24)27)22(28)29-12-3-4-19(25)14-5-8-16(23)9-6-14/h2,5-10,13H,1,3-4,11-12H2. The van der Waals surface area contributed by atoms with Crippen molar-refractivity contribution in [2.45, 2.75) is 12.8 Å². The van der Waals surface area contributed by atoms with E-state index in [0.29, 0.717) is 12.0 Å². The Morgan fingerprint density at radius 3 is 2.34 bits per heavy atom. The van der Waals surface area contributed by atoms with E-state index in [4.69, 9.17) is 4.74 Å². The Hall–Kier alpha value is -3.61. The molecule has 2 aromatic carbocycles. The average Bonchev–Trinajstić information content (AvgIpc) is 2.96. The molecule has 2 amide bonds. The van der Waals surface area contributed by atoms with E-state index in [-0.39, 0.29) is 42.0 Å². The number of hydrogen-bond donors (Lipinski definition) is 0. The highest BCUT2D eigenvalue weighted by molar-refractivity contribution is 6.22. The van der Waals surface area contributed by atoms with Crippen LogP contribution in [0.5, 0.6) is 0 Å². The molecule has 148 valence electrons. The van der Waals surface area contributed by atoms with Gasteiger partial charge in [0, 0.05) is 18.5 Å². The van der Waals surface area contributed by atoms with Gasteiger partial charge in [-0.3, -0.25) is 19.3 Å². The van der Waals surface area contributed by atoms with E-state index in [9.17, 15) is 23.6 Å². The van der Waals surface area contributed by atoms with Crippen molar-refractivity contribution in [3.63, 3.8) is 0 Å². The first-order valence-electron chi connectivity index (χ1n) is 8.99. The maximum Gasteiger partial charge on any atom is 0.338 e. The number of rotatable bonds is 8. The van der Waals surface area contributed by atoms with Gasteiger partial charge in [-0.15, -0.1) is 6.58 Å². The van der Waals surface area contributed by atoms with Gasteiger partial charge in [0.15, 0.2) is 5.78 Å². The molecule has 7 heteroatoms. The summed E-state index contributed by atoms with van der Waals surface area (Å²) >= 11 is 0. The zero-order valence-electron chi connectivity index (χ0n) is 15.5. The van der Waals surface area contributed by atoms with Crippen LogP contribution in [-0.2, 0) is 4.74 Å². The summed E-state index contributed by atoms with van der Waals surface area (Å²) < 4.78 is 18.0. The second-order valence-corrected chi connectivity index (χ2v) is 6.44. The fourth-order valence-electron chi connectivity index (χ4n) is 2.97. The van der Waals surface area contributed by atoms with Gasteiger partial charge in [0.1, 0.15) is 5.82 Å². The molecule has 0 fully saturated rings. The first-order chi connectivity index (χ1) is 13.9. The molecule has 2 aromatic rings. The number of halogens is 1. The van der Waals surface area contributed by atoms with E-state index >= 15 is 0 Å². The number of nitrogens with zero attached hydrogens (tertiary/aromatic N) is 1. The first-order valence-corrected chi connectivity index (χ1v) is 8.99. The molecule has 3 rings (SSSR count). The maximum atomic E-state index is 12.9. The molecule has 0 N–H and O–H groups in total. The SMILES string of the molecule is C=CCN1C(=O)c2ccc(C(=O)OCCCC(=O)c3ccc(F)cc3)cc2C1=O. The Balaban J connectivity index is 1.55. The molecule has 0 atom stereocenters. The van der Waals surface area contributed by atoms with Crippen LogP contribution in [0.1, 0.15) is 54.3 Å². The molecule has 6 nitrogen and oxygen atoms in total. The Labute approximate surface area is 166 Å². The Bertz CT molecular complexity index is 997. The largest absolute Gasteiger partial charge is 0.462 e. The second kappa shape index (κ2) is 8.60. The third-order valence-electron chi connectivity index (χ3n) is 4.47. The van der Waals surface area contributed by atoms with Crippen LogP contribution in [0.4, 0.5) is 4.39 Å². The number of esters is 1. The number of Topliss-reactive ketones (excluding diaryl/α,β-unsaturated/α-hetero) is 1. The summed E-state index contributed by atoms with van der Waals surface area (Å²) in [5.74, 6) is -2.15. The molecule has 29 heavy (non-hydrogen) atoms. The summed E-state index contributed by atoms with van der Waals surface area (Å²) in [6.45, 7) is 3.62. The van der Waals surface area contributed by atoms with E-state index in [0.717, 1.165) is 4.90 Å². The molecule has 0 bridgehead atoms. The van der Waals surface area contributed by atoms with Crippen molar-refractivity contribution in [3.05, 3.63) is 83.2 Å². The zero-order chi connectivity index (χ0) is 21.0. The number of ketones is 1. The van der Waals surface area contributed by atoms with Crippen LogP contribution in [0.25, 0.3) is 0 Å². The van der Waals surface area contributed by atoms with Crippen LogP contribution >= 0.6 is 0 Å². The van der Waals surface area contributed by atoms with Gasteiger partial charge in [-0.05, 0) is 48.9 Å². The highest BCUT2D eigenvalue weighted by atomic mass is 19.1. The van der Waals surface area contributed by atoms with Crippen LogP contribution < -0.4 is 0 Å². The Morgan fingerprint density at radius 1 is 1.00 bits per heavy atom. The van der Waals surface area contributed by atoms with Gasteiger partial charge in [0.05, 0.1) is 23.3 Å². The fraction of sp³-hybridized carbons (Fsp3) is 0.182. The lowest BCUT2D eigenvalue weighted by Crippen LogP contribution is -2.29. The second-order valence-electron chi connectivity index (χ2n) is 6.44. The van der Waals surface area contributed by atoms with E-state index in [1.165, 1.54) is 48.5 Å². The predicted molar refractivity (Wildman–Crippen MR) is 102 cm³/mol. The van der Waals surface area contributed by atoms with E-state index in [1.807, 2.05) is 0 Å². The molecule has 0 unspecified atom stereocenters. The third-order valence-corrected chi connectivity index (χ3v) is 4.47. The molecule has 0 aromatic heterocycles. The number of carbonyl (C=O) groups excluding carboxylic acids is 4. The smallest absolute Gasteiger partial charge is 0.338 e. The minimum Gasteiger partial charge on any atom is -0.462 e. The van der Waals surface area contributed by atoms with Gasteiger partial charge in [0.25, 0.3) is 11.8 Å². The number of fused-ring (bicyclic) bond motifs is 1. The number of imide groups is 1. The van der Waals surface area contributed by atoms with Crippen LogP contribution in [0.2, 0.25) is 0 Å². The summed E-state index contributed by atoms with van der Waals surface area (Å²) in [6, 6.07) is 9.42. The van der Waals surface area contributed by atoms with E-state index in [2.05, 4.69) is 6.58 Å².